The van der Waals surface area contributed by atoms with E-state index in [1.165, 1.54) is 0 Å². The van der Waals surface area contributed by atoms with Crippen LogP contribution in [-0.2, 0) is 16.1 Å². The zero-order valence-electron chi connectivity index (χ0n) is 16.3. The second-order valence-electron chi connectivity index (χ2n) is 8.20. The SMILES string of the molecule is CC1=CC2=NC(=O)C[C@](C)(C(=O)N3CCn4cccc4[C@@H]3C(C)C)N2C=C1. The molecular formula is C21H26N4O2. The molecule has 0 saturated heterocycles. The fraction of sp³-hybridized carbons (Fsp3) is 0.476. The molecule has 3 aliphatic heterocycles. The van der Waals surface area contributed by atoms with Crippen molar-refractivity contribution in [3.63, 3.8) is 0 Å². The summed E-state index contributed by atoms with van der Waals surface area (Å²) in [5.41, 5.74) is 1.23. The normalized spacial score (nSPS) is 27.3. The number of nitrogens with zero attached hydrogens (tertiary/aromatic N) is 4. The van der Waals surface area contributed by atoms with Crippen LogP contribution in [0, 0.1) is 5.92 Å². The van der Waals surface area contributed by atoms with Crippen molar-refractivity contribution >= 4 is 17.6 Å². The molecule has 0 N–H and O–H groups in total. The van der Waals surface area contributed by atoms with Crippen LogP contribution in [0.25, 0.3) is 0 Å². The first-order valence-corrected chi connectivity index (χ1v) is 9.55. The van der Waals surface area contributed by atoms with Gasteiger partial charge in [0.05, 0.1) is 12.5 Å². The molecule has 0 unspecified atom stereocenters. The third-order valence-electron chi connectivity index (χ3n) is 5.79. The summed E-state index contributed by atoms with van der Waals surface area (Å²) in [4.78, 5) is 34.2. The highest BCUT2D eigenvalue weighted by Crippen LogP contribution is 2.37. The van der Waals surface area contributed by atoms with Crippen molar-refractivity contribution in [2.75, 3.05) is 6.54 Å². The van der Waals surface area contributed by atoms with Crippen LogP contribution >= 0.6 is 0 Å². The van der Waals surface area contributed by atoms with Gasteiger partial charge >= 0.3 is 0 Å². The van der Waals surface area contributed by atoms with Crippen molar-refractivity contribution in [3.05, 3.63) is 47.9 Å². The monoisotopic (exact) mass is 366 g/mol. The maximum atomic E-state index is 13.8. The molecule has 3 aliphatic rings. The number of fused-ring (bicyclic) bond motifs is 2. The summed E-state index contributed by atoms with van der Waals surface area (Å²) in [6.07, 6.45) is 7.88. The summed E-state index contributed by atoms with van der Waals surface area (Å²) in [6.45, 7) is 9.53. The van der Waals surface area contributed by atoms with Crippen LogP contribution in [0.3, 0.4) is 0 Å². The average molecular weight is 366 g/mol. The van der Waals surface area contributed by atoms with E-state index in [-0.39, 0.29) is 30.2 Å². The van der Waals surface area contributed by atoms with E-state index in [0.717, 1.165) is 17.8 Å². The van der Waals surface area contributed by atoms with E-state index in [1.54, 1.807) is 0 Å². The van der Waals surface area contributed by atoms with Crippen molar-refractivity contribution in [1.82, 2.24) is 14.4 Å². The first kappa shape index (κ1) is 17.8. The highest BCUT2D eigenvalue weighted by molar-refractivity contribution is 6.10. The van der Waals surface area contributed by atoms with Crippen LogP contribution in [0.15, 0.2) is 47.2 Å². The highest BCUT2D eigenvalue weighted by atomic mass is 16.2. The summed E-state index contributed by atoms with van der Waals surface area (Å²) in [7, 11) is 0. The number of aromatic nitrogens is 1. The second kappa shape index (κ2) is 6.22. The van der Waals surface area contributed by atoms with Gasteiger partial charge in [-0.2, -0.15) is 4.99 Å². The summed E-state index contributed by atoms with van der Waals surface area (Å²) in [6, 6.07) is 4.13. The summed E-state index contributed by atoms with van der Waals surface area (Å²) in [5, 5.41) is 0. The summed E-state index contributed by atoms with van der Waals surface area (Å²) in [5.74, 6) is 0.589. The topological polar surface area (TPSA) is 57.9 Å². The number of carbonyl (C=O) groups is 2. The van der Waals surface area contributed by atoms with E-state index in [4.69, 9.17) is 0 Å². The van der Waals surface area contributed by atoms with Crippen molar-refractivity contribution in [2.45, 2.75) is 52.2 Å². The van der Waals surface area contributed by atoms with E-state index < -0.39 is 5.54 Å². The van der Waals surface area contributed by atoms with E-state index in [9.17, 15) is 9.59 Å². The number of amides is 2. The quantitative estimate of drug-likeness (QED) is 0.809. The Balaban J connectivity index is 1.73. The first-order valence-electron chi connectivity index (χ1n) is 9.55. The third-order valence-corrected chi connectivity index (χ3v) is 5.79. The van der Waals surface area contributed by atoms with Crippen LogP contribution in [0.4, 0.5) is 0 Å². The van der Waals surface area contributed by atoms with Crippen molar-refractivity contribution in [3.8, 4) is 0 Å². The summed E-state index contributed by atoms with van der Waals surface area (Å²) < 4.78 is 2.22. The zero-order chi connectivity index (χ0) is 19.3. The van der Waals surface area contributed by atoms with Crippen LogP contribution < -0.4 is 0 Å². The molecule has 6 heteroatoms. The number of carbonyl (C=O) groups excluding carboxylic acids is 2. The van der Waals surface area contributed by atoms with Crippen molar-refractivity contribution in [2.24, 2.45) is 10.9 Å². The van der Waals surface area contributed by atoms with Gasteiger partial charge in [-0.25, -0.2) is 0 Å². The van der Waals surface area contributed by atoms with E-state index in [2.05, 4.69) is 35.7 Å². The van der Waals surface area contributed by atoms with Gasteiger partial charge in [-0.1, -0.05) is 13.8 Å². The molecule has 0 saturated carbocycles. The Morgan fingerprint density at radius 2 is 2.11 bits per heavy atom. The lowest BCUT2D eigenvalue weighted by atomic mass is 9.87. The number of rotatable bonds is 2. The molecule has 0 aliphatic carbocycles. The Morgan fingerprint density at radius 3 is 2.85 bits per heavy atom. The minimum atomic E-state index is -0.955. The highest BCUT2D eigenvalue weighted by Gasteiger charge is 2.49. The van der Waals surface area contributed by atoms with E-state index in [0.29, 0.717) is 12.4 Å². The van der Waals surface area contributed by atoms with Crippen molar-refractivity contribution < 1.29 is 9.59 Å². The Morgan fingerprint density at radius 1 is 1.33 bits per heavy atom. The van der Waals surface area contributed by atoms with Gasteiger partial charge in [0.1, 0.15) is 11.4 Å². The standard InChI is InChI=1S/C21H26N4O2/c1-14(2)19-16-6-5-8-23(16)10-11-24(19)20(27)21(4)13-18(26)22-17-12-15(3)7-9-25(17)21/h5-9,12,14,19H,10-11,13H2,1-4H3/t19-,21+/m0/s1. The van der Waals surface area contributed by atoms with Gasteiger partial charge < -0.3 is 14.4 Å². The molecule has 6 nitrogen and oxygen atoms in total. The molecular weight excluding hydrogens is 340 g/mol. The van der Waals surface area contributed by atoms with E-state index in [1.807, 2.05) is 48.1 Å². The minimum Gasteiger partial charge on any atom is -0.348 e. The molecule has 1 aromatic rings. The molecule has 4 heterocycles. The predicted octanol–water partition coefficient (Wildman–Crippen LogP) is 2.89. The maximum Gasteiger partial charge on any atom is 0.250 e. The minimum absolute atomic E-state index is 0.00143. The van der Waals surface area contributed by atoms with Gasteiger partial charge in [0.15, 0.2) is 0 Å². The van der Waals surface area contributed by atoms with Crippen LogP contribution in [-0.4, -0.2) is 44.1 Å². The molecule has 0 spiro atoms. The summed E-state index contributed by atoms with van der Waals surface area (Å²) >= 11 is 0. The molecule has 4 rings (SSSR count). The zero-order valence-corrected chi connectivity index (χ0v) is 16.3. The molecule has 0 aromatic carbocycles. The largest absolute Gasteiger partial charge is 0.348 e. The molecule has 0 fully saturated rings. The second-order valence-corrected chi connectivity index (χ2v) is 8.20. The van der Waals surface area contributed by atoms with Crippen LogP contribution in [0.5, 0.6) is 0 Å². The van der Waals surface area contributed by atoms with Gasteiger partial charge in [0, 0.05) is 31.2 Å². The third kappa shape index (κ3) is 2.74. The van der Waals surface area contributed by atoms with Gasteiger partial charge in [-0.3, -0.25) is 9.59 Å². The first-order chi connectivity index (χ1) is 12.8. The number of hydrogen-bond donors (Lipinski definition) is 0. The van der Waals surface area contributed by atoms with Crippen molar-refractivity contribution in [1.29, 1.82) is 0 Å². The number of aliphatic imine (C=N–C) groups is 1. The number of allylic oxidation sites excluding steroid dienone is 2. The number of hydrogen-bond acceptors (Lipinski definition) is 3. The molecule has 2 amide bonds. The Kier molecular flexibility index (Phi) is 4.09. The van der Waals surface area contributed by atoms with Crippen LogP contribution in [0.1, 0.15) is 45.9 Å². The van der Waals surface area contributed by atoms with Gasteiger partial charge in [0.2, 0.25) is 5.91 Å². The molecule has 1 aromatic heterocycles. The lowest BCUT2D eigenvalue weighted by molar-refractivity contribution is -0.148. The smallest absolute Gasteiger partial charge is 0.250 e. The van der Waals surface area contributed by atoms with Crippen LogP contribution in [0.2, 0.25) is 0 Å². The molecule has 27 heavy (non-hydrogen) atoms. The Hall–Kier alpha value is -2.63. The molecule has 142 valence electrons. The maximum absolute atomic E-state index is 13.8. The lowest BCUT2D eigenvalue weighted by Gasteiger charge is -2.48. The Labute approximate surface area is 159 Å². The van der Waals surface area contributed by atoms with Gasteiger partial charge in [-0.05, 0) is 49.6 Å². The fourth-order valence-electron chi connectivity index (χ4n) is 4.47. The van der Waals surface area contributed by atoms with Gasteiger partial charge in [0.25, 0.3) is 5.91 Å². The van der Waals surface area contributed by atoms with E-state index >= 15 is 0 Å². The lowest BCUT2D eigenvalue weighted by Crippen LogP contribution is -2.62. The molecule has 0 bridgehead atoms. The molecule has 2 atom stereocenters. The predicted molar refractivity (Wildman–Crippen MR) is 104 cm³/mol. The number of amidine groups is 1. The Bertz CT molecular complexity index is 892. The molecule has 0 radical (unpaired) electrons. The fourth-order valence-corrected chi connectivity index (χ4v) is 4.47. The van der Waals surface area contributed by atoms with Gasteiger partial charge in [-0.15, -0.1) is 0 Å². The average Bonchev–Trinajstić information content (AvgIpc) is 3.07.